The van der Waals surface area contributed by atoms with E-state index >= 15 is 0 Å². The van der Waals surface area contributed by atoms with Crippen molar-refractivity contribution in [2.45, 2.75) is 0 Å². The van der Waals surface area contributed by atoms with E-state index in [-0.39, 0.29) is 0 Å². The van der Waals surface area contributed by atoms with Gasteiger partial charge in [0, 0.05) is 0 Å². The Labute approximate surface area is 136 Å². The molecule has 0 aliphatic carbocycles. The Balaban J connectivity index is 1.84. The second-order valence-corrected chi connectivity index (χ2v) is 5.29. The van der Waals surface area contributed by atoms with Gasteiger partial charge in [-0.2, -0.15) is 0 Å². The zero-order chi connectivity index (χ0) is 16.1. The lowest BCUT2D eigenvalue weighted by atomic mass is 9.99. The normalized spacial score (nSPS) is 10.8. The molecule has 3 aromatic carbocycles. The van der Waals surface area contributed by atoms with Crippen molar-refractivity contribution in [1.29, 1.82) is 5.41 Å². The third kappa shape index (κ3) is 3.38. The van der Waals surface area contributed by atoms with E-state index in [4.69, 9.17) is 11.1 Å². The smallest absolute Gasteiger partial charge is 0.0626 e. The molecule has 0 atom stereocenters. The van der Waals surface area contributed by atoms with Crippen LogP contribution in [0.5, 0.6) is 0 Å². The lowest BCUT2D eigenvalue weighted by Crippen LogP contribution is -1.95. The number of nitrogens with one attached hydrogen (secondary N) is 1. The summed E-state index contributed by atoms with van der Waals surface area (Å²) < 4.78 is 0. The van der Waals surface area contributed by atoms with Crippen LogP contribution in [0, 0.1) is 5.41 Å². The summed E-state index contributed by atoms with van der Waals surface area (Å²) in [6, 6.07) is 26.8. The van der Waals surface area contributed by atoms with E-state index in [1.165, 1.54) is 17.3 Å². The van der Waals surface area contributed by atoms with Crippen LogP contribution in [0.3, 0.4) is 0 Å². The summed E-state index contributed by atoms with van der Waals surface area (Å²) in [7, 11) is 0. The molecule has 0 heterocycles. The Morgan fingerprint density at radius 3 is 1.57 bits per heavy atom. The number of benzene rings is 3. The lowest BCUT2D eigenvalue weighted by molar-refractivity contribution is 1.48. The van der Waals surface area contributed by atoms with Crippen LogP contribution in [0.1, 0.15) is 5.56 Å². The number of allylic oxidation sites excluding steroid dienone is 1. The summed E-state index contributed by atoms with van der Waals surface area (Å²) in [6.45, 7) is 0. The molecule has 0 amide bonds. The molecule has 0 aromatic heterocycles. The standard InChI is InChI=1S/C21H18N2/c22-15-14-21(23)20-12-10-19(11-13-20)18-8-6-17(7-9-18)16-4-2-1-3-5-16/h1-15,23H,22H2/b15-14-,23-21?. The van der Waals surface area contributed by atoms with Gasteiger partial charge in [0.05, 0.1) is 5.71 Å². The van der Waals surface area contributed by atoms with Crippen LogP contribution in [-0.4, -0.2) is 5.71 Å². The zero-order valence-corrected chi connectivity index (χ0v) is 12.7. The molecule has 0 bridgehead atoms. The van der Waals surface area contributed by atoms with E-state index in [0.717, 1.165) is 16.7 Å². The van der Waals surface area contributed by atoms with E-state index in [1.807, 2.05) is 42.5 Å². The molecule has 3 rings (SSSR count). The average molecular weight is 298 g/mol. The molecule has 0 saturated heterocycles. The van der Waals surface area contributed by atoms with Crippen LogP contribution in [0.25, 0.3) is 22.3 Å². The van der Waals surface area contributed by atoms with Gasteiger partial charge in [0.1, 0.15) is 0 Å². The molecule has 112 valence electrons. The fourth-order valence-electron chi connectivity index (χ4n) is 2.52. The minimum atomic E-state index is 0.415. The molecule has 2 nitrogen and oxygen atoms in total. The van der Waals surface area contributed by atoms with E-state index < -0.39 is 0 Å². The number of hydrogen-bond acceptors (Lipinski definition) is 2. The fourth-order valence-corrected chi connectivity index (χ4v) is 2.52. The van der Waals surface area contributed by atoms with Gasteiger partial charge >= 0.3 is 0 Å². The van der Waals surface area contributed by atoms with Gasteiger partial charge < -0.3 is 11.1 Å². The molecular weight excluding hydrogens is 280 g/mol. The highest BCUT2D eigenvalue weighted by Crippen LogP contribution is 2.25. The van der Waals surface area contributed by atoms with E-state index in [1.54, 1.807) is 6.08 Å². The Morgan fingerprint density at radius 2 is 1.09 bits per heavy atom. The van der Waals surface area contributed by atoms with Gasteiger partial charge in [-0.1, -0.05) is 78.9 Å². The molecule has 3 aromatic rings. The number of rotatable bonds is 4. The third-order valence-electron chi connectivity index (χ3n) is 3.78. The second-order valence-electron chi connectivity index (χ2n) is 5.29. The maximum absolute atomic E-state index is 7.86. The zero-order valence-electron chi connectivity index (χ0n) is 12.7. The monoisotopic (exact) mass is 298 g/mol. The van der Waals surface area contributed by atoms with Crippen LogP contribution < -0.4 is 5.73 Å². The maximum Gasteiger partial charge on any atom is 0.0626 e. The SMILES string of the molecule is N=C(/C=C\N)c1ccc(-c2ccc(-c3ccccc3)cc2)cc1. The minimum Gasteiger partial charge on any atom is -0.405 e. The first-order valence-corrected chi connectivity index (χ1v) is 7.51. The number of nitrogens with two attached hydrogens (primary N) is 1. The first-order valence-electron chi connectivity index (χ1n) is 7.51. The fraction of sp³-hybridized carbons (Fsp3) is 0. The predicted octanol–water partition coefficient (Wildman–Crippen LogP) is 4.86. The topological polar surface area (TPSA) is 49.9 Å². The van der Waals surface area contributed by atoms with Crippen molar-refractivity contribution in [3.63, 3.8) is 0 Å². The molecular formula is C21H18N2. The van der Waals surface area contributed by atoms with Gasteiger partial charge in [-0.15, -0.1) is 0 Å². The van der Waals surface area contributed by atoms with Crippen molar-refractivity contribution >= 4 is 5.71 Å². The van der Waals surface area contributed by atoms with Gasteiger partial charge in [-0.05, 0) is 40.1 Å². The molecule has 0 spiro atoms. The molecule has 0 fully saturated rings. The van der Waals surface area contributed by atoms with Gasteiger partial charge in [0.25, 0.3) is 0 Å². The first kappa shape index (κ1) is 14.8. The van der Waals surface area contributed by atoms with Gasteiger partial charge in [0.15, 0.2) is 0 Å². The van der Waals surface area contributed by atoms with Crippen LogP contribution in [-0.2, 0) is 0 Å². The average Bonchev–Trinajstić information content (AvgIpc) is 2.63. The maximum atomic E-state index is 7.86. The van der Waals surface area contributed by atoms with Gasteiger partial charge in [-0.25, -0.2) is 0 Å². The summed E-state index contributed by atoms with van der Waals surface area (Å²) >= 11 is 0. The number of hydrogen-bond donors (Lipinski definition) is 2. The Bertz CT molecular complexity index is 814. The molecule has 0 saturated carbocycles. The van der Waals surface area contributed by atoms with E-state index in [9.17, 15) is 0 Å². The second kappa shape index (κ2) is 6.75. The highest BCUT2D eigenvalue weighted by Gasteiger charge is 2.02. The van der Waals surface area contributed by atoms with Gasteiger partial charge in [0.2, 0.25) is 0 Å². The highest BCUT2D eigenvalue weighted by atomic mass is 14.5. The highest BCUT2D eigenvalue weighted by molar-refractivity contribution is 6.06. The molecule has 0 aliphatic rings. The summed E-state index contributed by atoms with van der Waals surface area (Å²) in [5, 5.41) is 7.86. The van der Waals surface area contributed by atoms with Crippen molar-refractivity contribution < 1.29 is 0 Å². The van der Waals surface area contributed by atoms with Crippen LogP contribution in [0.15, 0.2) is 91.1 Å². The predicted molar refractivity (Wildman–Crippen MR) is 97.5 cm³/mol. The molecule has 0 radical (unpaired) electrons. The van der Waals surface area contributed by atoms with E-state index in [0.29, 0.717) is 5.71 Å². The largest absolute Gasteiger partial charge is 0.405 e. The molecule has 0 unspecified atom stereocenters. The van der Waals surface area contributed by atoms with Crippen LogP contribution in [0.2, 0.25) is 0 Å². The molecule has 23 heavy (non-hydrogen) atoms. The molecule has 3 N–H and O–H groups in total. The van der Waals surface area contributed by atoms with Crippen molar-refractivity contribution in [3.8, 4) is 22.3 Å². The summed E-state index contributed by atoms with van der Waals surface area (Å²) in [5.41, 5.74) is 11.3. The first-order chi connectivity index (χ1) is 11.3. The Hall–Kier alpha value is -3.13. The van der Waals surface area contributed by atoms with Gasteiger partial charge in [-0.3, -0.25) is 0 Å². The van der Waals surface area contributed by atoms with Crippen molar-refractivity contribution in [1.82, 2.24) is 0 Å². The summed E-state index contributed by atoms with van der Waals surface area (Å²) in [4.78, 5) is 0. The van der Waals surface area contributed by atoms with Crippen LogP contribution >= 0.6 is 0 Å². The molecule has 0 aliphatic heterocycles. The Morgan fingerprint density at radius 1 is 0.652 bits per heavy atom. The van der Waals surface area contributed by atoms with Crippen molar-refractivity contribution in [2.75, 3.05) is 0 Å². The Kier molecular flexibility index (Phi) is 4.34. The van der Waals surface area contributed by atoms with Crippen LogP contribution in [0.4, 0.5) is 0 Å². The molecule has 2 heteroatoms. The summed E-state index contributed by atoms with van der Waals surface area (Å²) in [5.74, 6) is 0. The third-order valence-corrected chi connectivity index (χ3v) is 3.78. The minimum absolute atomic E-state index is 0.415. The van der Waals surface area contributed by atoms with E-state index in [2.05, 4.69) is 36.4 Å². The quantitative estimate of drug-likeness (QED) is 0.664. The summed E-state index contributed by atoms with van der Waals surface area (Å²) in [6.07, 6.45) is 2.97. The lowest BCUT2D eigenvalue weighted by Gasteiger charge is -2.06. The van der Waals surface area contributed by atoms with Crippen molar-refractivity contribution in [3.05, 3.63) is 96.7 Å². The van der Waals surface area contributed by atoms with Crippen molar-refractivity contribution in [2.24, 2.45) is 5.73 Å².